The van der Waals surface area contributed by atoms with Gasteiger partial charge in [-0.05, 0) is 13.3 Å². The van der Waals surface area contributed by atoms with Crippen molar-refractivity contribution in [2.45, 2.75) is 38.0 Å². The molecule has 0 spiro atoms. The number of nitrogens with two attached hydrogens (primary N) is 1. The molecule has 0 radical (unpaired) electrons. The summed E-state index contributed by atoms with van der Waals surface area (Å²) in [6, 6.07) is -2.18. The number of aliphatic carboxylic acids is 2. The highest BCUT2D eigenvalue weighted by Gasteiger charge is 2.22. The van der Waals surface area contributed by atoms with E-state index in [4.69, 9.17) is 15.9 Å². The summed E-state index contributed by atoms with van der Waals surface area (Å²) in [5, 5.41) is 31.0. The highest BCUT2D eigenvalue weighted by molar-refractivity contribution is 7.99. The molecule has 3 atom stereocenters. The molecule has 2 amide bonds. The van der Waals surface area contributed by atoms with Gasteiger partial charge >= 0.3 is 11.9 Å². The van der Waals surface area contributed by atoms with E-state index in [0.29, 0.717) is 5.75 Å². The highest BCUT2D eigenvalue weighted by Crippen LogP contribution is 2.06. The van der Waals surface area contributed by atoms with Crippen LogP contribution in [0.15, 0.2) is 0 Å². The topological polar surface area (TPSA) is 179 Å². The van der Waals surface area contributed by atoms with Crippen LogP contribution in [0.25, 0.3) is 0 Å². The smallest absolute Gasteiger partial charge is 0.322 e. The SMILES string of the molecule is C[C@H](O)CSC[C@H](NC(=O)CC[C@H](N)C(=O)O)C(=O)NCC(=O)O. The van der Waals surface area contributed by atoms with Gasteiger partial charge in [-0.15, -0.1) is 0 Å². The van der Waals surface area contributed by atoms with Gasteiger partial charge in [0.05, 0.1) is 6.10 Å². The van der Waals surface area contributed by atoms with E-state index in [0.717, 1.165) is 0 Å². The number of carboxylic acid groups (broad SMARTS) is 2. The third kappa shape index (κ3) is 10.8. The minimum Gasteiger partial charge on any atom is -0.480 e. The maximum absolute atomic E-state index is 11.9. The van der Waals surface area contributed by atoms with Gasteiger partial charge in [-0.2, -0.15) is 11.8 Å². The monoisotopic (exact) mass is 365 g/mol. The van der Waals surface area contributed by atoms with Gasteiger partial charge in [-0.3, -0.25) is 19.2 Å². The molecule has 0 fully saturated rings. The summed E-state index contributed by atoms with van der Waals surface area (Å²) in [5.74, 6) is -3.23. The second kappa shape index (κ2) is 11.6. The van der Waals surface area contributed by atoms with Crippen molar-refractivity contribution in [3.8, 4) is 0 Å². The van der Waals surface area contributed by atoms with E-state index in [1.807, 2.05) is 0 Å². The number of hydrogen-bond donors (Lipinski definition) is 6. The van der Waals surface area contributed by atoms with Gasteiger partial charge in [0.1, 0.15) is 18.6 Å². The lowest BCUT2D eigenvalue weighted by molar-refractivity contribution is -0.139. The van der Waals surface area contributed by atoms with Gasteiger partial charge in [-0.1, -0.05) is 0 Å². The van der Waals surface area contributed by atoms with Crippen LogP contribution in [0.4, 0.5) is 0 Å². The number of nitrogens with one attached hydrogen (secondary N) is 2. The molecule has 0 aliphatic heterocycles. The molecule has 10 nitrogen and oxygen atoms in total. The minimum absolute atomic E-state index is 0.0918. The first-order valence-electron chi connectivity index (χ1n) is 7.16. The summed E-state index contributed by atoms with van der Waals surface area (Å²) in [5.41, 5.74) is 5.29. The van der Waals surface area contributed by atoms with Crippen LogP contribution in [0.5, 0.6) is 0 Å². The van der Waals surface area contributed by atoms with Crippen LogP contribution in [0, 0.1) is 0 Å². The molecule has 24 heavy (non-hydrogen) atoms. The largest absolute Gasteiger partial charge is 0.480 e. The lowest BCUT2D eigenvalue weighted by Gasteiger charge is -2.18. The summed E-state index contributed by atoms with van der Waals surface area (Å²) in [6.07, 6.45) is -0.870. The molecule has 138 valence electrons. The van der Waals surface area contributed by atoms with Gasteiger partial charge in [0.2, 0.25) is 11.8 Å². The Bertz CT molecular complexity index is 459. The van der Waals surface area contributed by atoms with E-state index in [2.05, 4.69) is 10.6 Å². The molecule has 11 heteroatoms. The van der Waals surface area contributed by atoms with Crippen LogP contribution < -0.4 is 16.4 Å². The molecule has 0 aliphatic carbocycles. The lowest BCUT2D eigenvalue weighted by Crippen LogP contribution is -2.49. The second-order valence-electron chi connectivity index (χ2n) is 5.10. The van der Waals surface area contributed by atoms with Gasteiger partial charge in [0.25, 0.3) is 0 Å². The van der Waals surface area contributed by atoms with Crippen molar-refractivity contribution in [2.75, 3.05) is 18.1 Å². The molecule has 0 aromatic rings. The van der Waals surface area contributed by atoms with Crippen LogP contribution in [0.3, 0.4) is 0 Å². The average molecular weight is 365 g/mol. The Morgan fingerprint density at radius 3 is 2.29 bits per heavy atom. The van der Waals surface area contributed by atoms with Gasteiger partial charge in [-0.25, -0.2) is 0 Å². The predicted octanol–water partition coefficient (Wildman–Crippen LogP) is -2.02. The zero-order chi connectivity index (χ0) is 18.7. The molecule has 0 unspecified atom stereocenters. The van der Waals surface area contributed by atoms with Crippen molar-refractivity contribution >= 4 is 35.5 Å². The molecule has 0 aliphatic rings. The Morgan fingerprint density at radius 1 is 1.17 bits per heavy atom. The number of thioether (sulfide) groups is 1. The van der Waals surface area contributed by atoms with E-state index < -0.39 is 48.5 Å². The molecule has 0 bridgehead atoms. The van der Waals surface area contributed by atoms with Crippen molar-refractivity contribution in [3.63, 3.8) is 0 Å². The van der Waals surface area contributed by atoms with Crippen molar-refractivity contribution in [1.82, 2.24) is 10.6 Å². The first-order valence-corrected chi connectivity index (χ1v) is 8.32. The maximum atomic E-state index is 11.9. The summed E-state index contributed by atoms with van der Waals surface area (Å²) < 4.78 is 0. The molecule has 0 aromatic carbocycles. The maximum Gasteiger partial charge on any atom is 0.322 e. The van der Waals surface area contributed by atoms with E-state index in [9.17, 15) is 24.3 Å². The van der Waals surface area contributed by atoms with Crippen LogP contribution >= 0.6 is 11.8 Å². The number of amides is 2. The third-order valence-electron chi connectivity index (χ3n) is 2.71. The van der Waals surface area contributed by atoms with Gasteiger partial charge in [0.15, 0.2) is 0 Å². The number of hydrogen-bond acceptors (Lipinski definition) is 7. The van der Waals surface area contributed by atoms with E-state index in [-0.39, 0.29) is 18.6 Å². The van der Waals surface area contributed by atoms with Crippen LogP contribution in [-0.4, -0.2) is 75.3 Å². The third-order valence-corrected chi connectivity index (χ3v) is 4.00. The van der Waals surface area contributed by atoms with E-state index in [1.165, 1.54) is 11.8 Å². The summed E-state index contributed by atoms with van der Waals surface area (Å²) in [6.45, 7) is 0.981. The standard InChI is InChI=1S/C13H23N3O7S/c1-7(17)5-24-6-9(12(21)15-4-11(19)20)16-10(18)3-2-8(14)13(22)23/h7-9,17H,2-6,14H2,1H3,(H,15,21)(H,16,18)(H,19,20)(H,22,23)/t7-,8-,9-/m0/s1. The average Bonchev–Trinajstić information content (AvgIpc) is 2.48. The minimum atomic E-state index is -1.23. The predicted molar refractivity (Wildman–Crippen MR) is 86.4 cm³/mol. The number of aliphatic hydroxyl groups excluding tert-OH is 1. The number of carbonyl (C=O) groups excluding carboxylic acids is 2. The lowest BCUT2D eigenvalue weighted by atomic mass is 10.1. The van der Waals surface area contributed by atoms with Crippen molar-refractivity contribution in [1.29, 1.82) is 0 Å². The van der Waals surface area contributed by atoms with Gasteiger partial charge < -0.3 is 31.7 Å². The zero-order valence-corrected chi connectivity index (χ0v) is 14.0. The molecular weight excluding hydrogens is 342 g/mol. The molecule has 0 heterocycles. The number of aliphatic hydroxyl groups is 1. The molecule has 0 saturated heterocycles. The summed E-state index contributed by atoms with van der Waals surface area (Å²) >= 11 is 1.21. The number of carboxylic acids is 2. The Labute approximate surface area is 143 Å². The van der Waals surface area contributed by atoms with Crippen LogP contribution in [-0.2, 0) is 19.2 Å². The quantitative estimate of drug-likeness (QED) is 0.227. The van der Waals surface area contributed by atoms with Crippen LogP contribution in [0.1, 0.15) is 19.8 Å². The number of carbonyl (C=O) groups is 4. The van der Waals surface area contributed by atoms with Crippen molar-refractivity contribution < 1.29 is 34.5 Å². The Morgan fingerprint density at radius 2 is 1.79 bits per heavy atom. The van der Waals surface area contributed by atoms with E-state index >= 15 is 0 Å². The zero-order valence-electron chi connectivity index (χ0n) is 13.2. The Hall–Kier alpha value is -1.85. The first-order chi connectivity index (χ1) is 11.1. The molecular formula is C13H23N3O7S. The van der Waals surface area contributed by atoms with Crippen molar-refractivity contribution in [3.05, 3.63) is 0 Å². The van der Waals surface area contributed by atoms with Crippen LogP contribution in [0.2, 0.25) is 0 Å². The highest BCUT2D eigenvalue weighted by atomic mass is 32.2. The number of rotatable bonds is 12. The Balaban J connectivity index is 4.55. The van der Waals surface area contributed by atoms with Crippen molar-refractivity contribution in [2.24, 2.45) is 5.73 Å². The Kier molecular flexibility index (Phi) is 10.8. The molecule has 0 saturated carbocycles. The summed E-state index contributed by atoms with van der Waals surface area (Å²) in [4.78, 5) is 44.8. The molecule has 0 rings (SSSR count). The first kappa shape index (κ1) is 22.1. The molecule has 0 aromatic heterocycles. The second-order valence-corrected chi connectivity index (χ2v) is 6.18. The normalized spacial score (nSPS) is 14.3. The summed E-state index contributed by atoms with van der Waals surface area (Å²) in [7, 11) is 0. The fourth-order valence-electron chi connectivity index (χ4n) is 1.50. The fourth-order valence-corrected chi connectivity index (χ4v) is 2.45. The fraction of sp³-hybridized carbons (Fsp3) is 0.692. The van der Waals surface area contributed by atoms with Gasteiger partial charge in [0, 0.05) is 17.9 Å². The van der Waals surface area contributed by atoms with E-state index in [1.54, 1.807) is 6.92 Å². The molecule has 7 N–H and O–H groups in total.